The minimum atomic E-state index is -0.200. The molecule has 0 heterocycles. The van der Waals surface area contributed by atoms with Crippen LogP contribution >= 0.6 is 0 Å². The van der Waals surface area contributed by atoms with E-state index in [4.69, 9.17) is 5.73 Å². The Hall–Kier alpha value is -1.10. The summed E-state index contributed by atoms with van der Waals surface area (Å²) in [5, 5.41) is 2.50. The van der Waals surface area contributed by atoms with E-state index >= 15 is 0 Å². The van der Waals surface area contributed by atoms with E-state index in [9.17, 15) is 9.59 Å². The van der Waals surface area contributed by atoms with Crippen LogP contribution in [0.25, 0.3) is 0 Å². The zero-order chi connectivity index (χ0) is 13.6. The van der Waals surface area contributed by atoms with Gasteiger partial charge in [-0.15, -0.1) is 0 Å². The predicted molar refractivity (Wildman–Crippen MR) is 68.4 cm³/mol. The summed E-state index contributed by atoms with van der Waals surface area (Å²) in [6.07, 6.45) is 0.272. The Kier molecular flexibility index (Phi) is 6.16. The fourth-order valence-electron chi connectivity index (χ4n) is 1.25. The van der Waals surface area contributed by atoms with Gasteiger partial charge >= 0.3 is 0 Å². The van der Waals surface area contributed by atoms with E-state index in [-0.39, 0.29) is 36.2 Å². The first-order chi connectivity index (χ1) is 7.72. The van der Waals surface area contributed by atoms with Gasteiger partial charge in [0.1, 0.15) is 0 Å². The molecule has 1 atom stereocenters. The summed E-state index contributed by atoms with van der Waals surface area (Å²) in [7, 11) is 1.56. The van der Waals surface area contributed by atoms with E-state index in [0.29, 0.717) is 6.54 Å². The van der Waals surface area contributed by atoms with E-state index in [1.807, 2.05) is 27.7 Å². The van der Waals surface area contributed by atoms with Gasteiger partial charge in [-0.25, -0.2) is 0 Å². The van der Waals surface area contributed by atoms with Gasteiger partial charge in [0.2, 0.25) is 11.8 Å². The van der Waals surface area contributed by atoms with Crippen molar-refractivity contribution in [3.05, 3.63) is 0 Å². The lowest BCUT2D eigenvalue weighted by molar-refractivity contribution is -0.136. The minimum Gasteiger partial charge on any atom is -0.358 e. The van der Waals surface area contributed by atoms with E-state index in [1.165, 1.54) is 4.90 Å². The first-order valence-electron chi connectivity index (χ1n) is 5.96. The Morgan fingerprint density at radius 1 is 1.35 bits per heavy atom. The summed E-state index contributed by atoms with van der Waals surface area (Å²) in [4.78, 5) is 24.7. The Morgan fingerprint density at radius 2 is 1.88 bits per heavy atom. The monoisotopic (exact) mass is 243 g/mol. The van der Waals surface area contributed by atoms with Crippen LogP contribution in [0.4, 0.5) is 0 Å². The van der Waals surface area contributed by atoms with E-state index in [0.717, 1.165) is 0 Å². The number of carbonyl (C=O) groups excluding carboxylic acids is 2. The van der Waals surface area contributed by atoms with Crippen molar-refractivity contribution in [3.8, 4) is 0 Å². The van der Waals surface area contributed by atoms with E-state index in [1.54, 1.807) is 7.05 Å². The molecule has 0 spiro atoms. The summed E-state index contributed by atoms with van der Waals surface area (Å²) in [5.41, 5.74) is 5.85. The first kappa shape index (κ1) is 15.9. The smallest absolute Gasteiger partial charge is 0.239 e. The lowest BCUT2D eigenvalue weighted by Crippen LogP contribution is -2.44. The van der Waals surface area contributed by atoms with Crippen LogP contribution in [-0.4, -0.2) is 42.9 Å². The van der Waals surface area contributed by atoms with Crippen molar-refractivity contribution in [3.63, 3.8) is 0 Å². The quantitative estimate of drug-likeness (QED) is 0.731. The molecule has 0 aromatic heterocycles. The van der Waals surface area contributed by atoms with Crippen LogP contribution in [0.3, 0.4) is 0 Å². The highest BCUT2D eigenvalue weighted by molar-refractivity contribution is 5.84. The van der Waals surface area contributed by atoms with Crippen molar-refractivity contribution in [2.75, 3.05) is 20.1 Å². The molecule has 0 saturated carbocycles. The van der Waals surface area contributed by atoms with Gasteiger partial charge in [-0.1, -0.05) is 20.8 Å². The molecule has 0 rings (SSSR count). The molecule has 0 aliphatic heterocycles. The topological polar surface area (TPSA) is 75.4 Å². The Morgan fingerprint density at radius 3 is 2.24 bits per heavy atom. The number of likely N-dealkylation sites (N-methyl/N-ethyl adjacent to an activating group) is 2. The zero-order valence-corrected chi connectivity index (χ0v) is 11.5. The zero-order valence-electron chi connectivity index (χ0n) is 11.5. The molecule has 0 radical (unpaired) electrons. The van der Waals surface area contributed by atoms with Gasteiger partial charge in [-0.05, 0) is 12.3 Å². The third-order valence-corrected chi connectivity index (χ3v) is 2.85. The summed E-state index contributed by atoms with van der Waals surface area (Å²) in [6, 6.07) is -0.200. The van der Waals surface area contributed by atoms with Crippen molar-refractivity contribution in [1.82, 2.24) is 10.2 Å². The lowest BCUT2D eigenvalue weighted by Gasteiger charge is -2.29. The van der Waals surface area contributed by atoms with Crippen LogP contribution in [0.5, 0.6) is 0 Å². The normalized spacial score (nSPS) is 13.1. The summed E-state index contributed by atoms with van der Waals surface area (Å²) in [6.45, 7) is 8.47. The maximum absolute atomic E-state index is 11.9. The van der Waals surface area contributed by atoms with Crippen molar-refractivity contribution in [2.24, 2.45) is 11.1 Å². The molecule has 100 valence electrons. The highest BCUT2D eigenvalue weighted by Gasteiger charge is 2.25. The van der Waals surface area contributed by atoms with Crippen molar-refractivity contribution in [2.45, 2.75) is 40.2 Å². The first-order valence-corrected chi connectivity index (χ1v) is 5.96. The van der Waals surface area contributed by atoms with Gasteiger partial charge in [-0.2, -0.15) is 0 Å². The van der Waals surface area contributed by atoms with Gasteiger partial charge in [0.15, 0.2) is 0 Å². The predicted octanol–water partition coefficient (Wildman–Crippen LogP) is 0.344. The highest BCUT2D eigenvalue weighted by atomic mass is 16.2. The molecule has 0 aromatic carbocycles. The van der Waals surface area contributed by atoms with Crippen molar-refractivity contribution >= 4 is 11.8 Å². The number of amides is 2. The summed E-state index contributed by atoms with van der Waals surface area (Å²) in [5.74, 6) is -0.233. The van der Waals surface area contributed by atoms with Crippen LogP contribution in [0.2, 0.25) is 0 Å². The Balaban J connectivity index is 4.41. The number of nitrogens with one attached hydrogen (secondary N) is 1. The standard InChI is InChI=1S/C12H25N3O2/c1-6-15(8-10(16)14-5)11(17)7-9(13)12(2,3)4/h9H,6-8,13H2,1-5H3,(H,14,16). The number of carbonyl (C=O) groups is 2. The fourth-order valence-corrected chi connectivity index (χ4v) is 1.25. The fraction of sp³-hybridized carbons (Fsp3) is 0.833. The molecule has 3 N–H and O–H groups in total. The third kappa shape index (κ3) is 5.68. The molecule has 0 bridgehead atoms. The highest BCUT2D eigenvalue weighted by Crippen LogP contribution is 2.20. The second-order valence-electron chi connectivity index (χ2n) is 5.26. The van der Waals surface area contributed by atoms with E-state index in [2.05, 4.69) is 5.32 Å². The number of hydrogen-bond acceptors (Lipinski definition) is 3. The molecule has 5 nitrogen and oxygen atoms in total. The number of hydrogen-bond donors (Lipinski definition) is 2. The molecule has 17 heavy (non-hydrogen) atoms. The number of nitrogens with two attached hydrogens (primary N) is 1. The molecule has 0 aliphatic rings. The molecule has 0 aromatic rings. The van der Waals surface area contributed by atoms with Crippen LogP contribution in [0.1, 0.15) is 34.1 Å². The lowest BCUT2D eigenvalue weighted by atomic mass is 9.85. The molecular formula is C12H25N3O2. The average molecular weight is 243 g/mol. The van der Waals surface area contributed by atoms with Gasteiger partial charge in [-0.3, -0.25) is 9.59 Å². The molecule has 5 heteroatoms. The average Bonchev–Trinajstić information content (AvgIpc) is 2.23. The molecule has 0 aliphatic carbocycles. The van der Waals surface area contributed by atoms with Gasteiger partial charge in [0.25, 0.3) is 0 Å². The molecule has 2 amide bonds. The number of rotatable bonds is 5. The van der Waals surface area contributed by atoms with Crippen LogP contribution in [0.15, 0.2) is 0 Å². The van der Waals surface area contributed by atoms with Crippen molar-refractivity contribution in [1.29, 1.82) is 0 Å². The number of nitrogens with zero attached hydrogens (tertiary/aromatic N) is 1. The third-order valence-electron chi connectivity index (χ3n) is 2.85. The summed E-state index contributed by atoms with van der Waals surface area (Å²) < 4.78 is 0. The minimum absolute atomic E-state index is 0.0708. The van der Waals surface area contributed by atoms with Gasteiger partial charge in [0.05, 0.1) is 6.54 Å². The van der Waals surface area contributed by atoms with Crippen molar-refractivity contribution < 1.29 is 9.59 Å². The largest absolute Gasteiger partial charge is 0.358 e. The second-order valence-corrected chi connectivity index (χ2v) is 5.26. The Labute approximate surface area is 104 Å². The molecular weight excluding hydrogens is 218 g/mol. The Bertz CT molecular complexity index is 271. The van der Waals surface area contributed by atoms with Gasteiger partial charge < -0.3 is 16.0 Å². The van der Waals surface area contributed by atoms with E-state index < -0.39 is 0 Å². The molecule has 0 saturated heterocycles. The second kappa shape index (κ2) is 6.59. The van der Waals surface area contributed by atoms with Crippen LogP contribution in [0, 0.1) is 5.41 Å². The maximum Gasteiger partial charge on any atom is 0.239 e. The van der Waals surface area contributed by atoms with Crippen LogP contribution < -0.4 is 11.1 Å². The SMILES string of the molecule is CCN(CC(=O)NC)C(=O)CC(N)C(C)(C)C. The van der Waals surface area contributed by atoms with Gasteiger partial charge in [0, 0.05) is 26.1 Å². The molecule has 0 fully saturated rings. The maximum atomic E-state index is 11.9. The molecule has 1 unspecified atom stereocenters. The van der Waals surface area contributed by atoms with Crippen LogP contribution in [-0.2, 0) is 9.59 Å². The summed E-state index contributed by atoms with van der Waals surface area (Å²) >= 11 is 0.